The maximum atomic E-state index is 6.07. The second-order valence-corrected chi connectivity index (χ2v) is 5.27. The zero-order valence-corrected chi connectivity index (χ0v) is 13.1. The molecule has 106 valence electrons. The minimum absolute atomic E-state index is 0.384. The lowest BCUT2D eigenvalue weighted by molar-refractivity contribution is 0.460. The summed E-state index contributed by atoms with van der Waals surface area (Å²) in [5.41, 5.74) is 0.889. The van der Waals surface area contributed by atoms with Crippen molar-refractivity contribution >= 4 is 34.8 Å². The third-order valence-electron chi connectivity index (χ3n) is 2.53. The lowest BCUT2D eigenvalue weighted by atomic mass is 10.3. The van der Waals surface area contributed by atoms with Crippen molar-refractivity contribution in [3.63, 3.8) is 0 Å². The van der Waals surface area contributed by atoms with E-state index in [0.29, 0.717) is 33.2 Å². The largest absolute Gasteiger partial charge is 0.437 e. The molecule has 3 nitrogen and oxygen atoms in total. The summed E-state index contributed by atoms with van der Waals surface area (Å²) in [7, 11) is 0. The van der Waals surface area contributed by atoms with Gasteiger partial charge in [-0.15, -0.1) is 0 Å². The van der Waals surface area contributed by atoms with Crippen LogP contribution >= 0.6 is 34.8 Å². The number of nitrogens with zero attached hydrogens (tertiary/aromatic N) is 1. The van der Waals surface area contributed by atoms with Crippen LogP contribution in [0.15, 0.2) is 30.3 Å². The van der Waals surface area contributed by atoms with Gasteiger partial charge in [0.25, 0.3) is 0 Å². The van der Waals surface area contributed by atoms with Gasteiger partial charge < -0.3 is 10.1 Å². The molecule has 0 saturated carbocycles. The number of hydrogen-bond acceptors (Lipinski definition) is 3. The van der Waals surface area contributed by atoms with Crippen molar-refractivity contribution in [3.8, 4) is 11.6 Å². The molecule has 6 heteroatoms. The standard InChI is InChI=1S/C14H13Cl3N2O/c1-2-18-8-9-4-3-5-14(19-9)20-13-7-11(16)10(15)6-12(13)17/h3-7,18H,2,8H2,1H3. The summed E-state index contributed by atoms with van der Waals surface area (Å²) in [5.74, 6) is 0.884. The molecule has 1 aromatic carbocycles. The van der Waals surface area contributed by atoms with E-state index in [1.165, 1.54) is 0 Å². The van der Waals surface area contributed by atoms with Crippen molar-refractivity contribution in [2.75, 3.05) is 6.54 Å². The molecule has 0 fully saturated rings. The molecule has 0 aliphatic carbocycles. The Balaban J connectivity index is 2.19. The highest BCUT2D eigenvalue weighted by Gasteiger charge is 2.09. The third kappa shape index (κ3) is 4.00. The molecule has 0 amide bonds. The van der Waals surface area contributed by atoms with Gasteiger partial charge in [0.2, 0.25) is 5.88 Å². The number of pyridine rings is 1. The zero-order chi connectivity index (χ0) is 14.5. The molecule has 0 aliphatic heterocycles. The number of ether oxygens (including phenoxy) is 1. The Hall–Kier alpha value is -1.000. The summed E-state index contributed by atoms with van der Waals surface area (Å²) < 4.78 is 5.65. The van der Waals surface area contributed by atoms with Gasteiger partial charge in [0, 0.05) is 18.7 Å². The summed E-state index contributed by atoms with van der Waals surface area (Å²) >= 11 is 17.9. The van der Waals surface area contributed by atoms with E-state index >= 15 is 0 Å². The van der Waals surface area contributed by atoms with Gasteiger partial charge in [0.1, 0.15) is 5.75 Å². The second-order valence-electron chi connectivity index (χ2n) is 4.05. The molecule has 0 spiro atoms. The van der Waals surface area contributed by atoms with Crippen LogP contribution in [-0.4, -0.2) is 11.5 Å². The van der Waals surface area contributed by atoms with E-state index in [4.69, 9.17) is 39.5 Å². The van der Waals surface area contributed by atoms with Crippen molar-refractivity contribution in [2.24, 2.45) is 0 Å². The first kappa shape index (κ1) is 15.4. The van der Waals surface area contributed by atoms with Gasteiger partial charge in [-0.05, 0) is 18.7 Å². The van der Waals surface area contributed by atoms with Crippen LogP contribution in [-0.2, 0) is 6.54 Å². The van der Waals surface area contributed by atoms with Crippen molar-refractivity contribution in [2.45, 2.75) is 13.5 Å². The maximum Gasteiger partial charge on any atom is 0.219 e. The molecule has 0 atom stereocenters. The fraction of sp³-hybridized carbons (Fsp3) is 0.214. The number of rotatable bonds is 5. The Morgan fingerprint density at radius 1 is 1.10 bits per heavy atom. The fourth-order valence-electron chi connectivity index (χ4n) is 1.56. The Bertz CT molecular complexity index is 605. The number of aromatic nitrogens is 1. The van der Waals surface area contributed by atoms with Crippen molar-refractivity contribution in [1.29, 1.82) is 0 Å². The lowest BCUT2D eigenvalue weighted by Gasteiger charge is -2.09. The third-order valence-corrected chi connectivity index (χ3v) is 3.54. The highest BCUT2D eigenvalue weighted by atomic mass is 35.5. The first-order chi connectivity index (χ1) is 9.60. The Labute approximate surface area is 132 Å². The van der Waals surface area contributed by atoms with E-state index in [2.05, 4.69) is 10.3 Å². The molecule has 2 aromatic rings. The molecule has 0 saturated heterocycles. The van der Waals surface area contributed by atoms with E-state index in [9.17, 15) is 0 Å². The minimum Gasteiger partial charge on any atom is -0.437 e. The van der Waals surface area contributed by atoms with Gasteiger partial charge in [-0.25, -0.2) is 4.98 Å². The van der Waals surface area contributed by atoms with Crippen molar-refractivity contribution in [3.05, 3.63) is 51.1 Å². The van der Waals surface area contributed by atoms with E-state index < -0.39 is 0 Å². The van der Waals surface area contributed by atoms with Gasteiger partial charge in [-0.2, -0.15) is 0 Å². The van der Waals surface area contributed by atoms with E-state index in [1.54, 1.807) is 18.2 Å². The first-order valence-corrected chi connectivity index (χ1v) is 7.22. The van der Waals surface area contributed by atoms with Crippen LogP contribution in [0.5, 0.6) is 11.6 Å². The predicted molar refractivity (Wildman–Crippen MR) is 83.2 cm³/mol. The van der Waals surface area contributed by atoms with Crippen LogP contribution in [0, 0.1) is 0 Å². The number of halogens is 3. The average Bonchev–Trinajstić information content (AvgIpc) is 2.43. The van der Waals surface area contributed by atoms with Gasteiger partial charge in [0.05, 0.1) is 20.8 Å². The van der Waals surface area contributed by atoms with Crippen LogP contribution in [0.4, 0.5) is 0 Å². The molecule has 2 rings (SSSR count). The topological polar surface area (TPSA) is 34.1 Å². The van der Waals surface area contributed by atoms with Crippen molar-refractivity contribution < 1.29 is 4.74 Å². The molecule has 0 aliphatic rings. The second kappa shape index (κ2) is 7.14. The Morgan fingerprint density at radius 2 is 1.85 bits per heavy atom. The van der Waals surface area contributed by atoms with Crippen LogP contribution in [0.25, 0.3) is 0 Å². The molecule has 0 bridgehead atoms. The average molecular weight is 332 g/mol. The highest BCUT2D eigenvalue weighted by Crippen LogP contribution is 2.35. The number of nitrogens with one attached hydrogen (secondary N) is 1. The number of hydrogen-bond donors (Lipinski definition) is 1. The molecule has 0 unspecified atom stereocenters. The summed E-state index contributed by atoms with van der Waals surface area (Å²) in [6.45, 7) is 3.60. The SMILES string of the molecule is CCNCc1cccc(Oc2cc(Cl)c(Cl)cc2Cl)n1. The Morgan fingerprint density at radius 3 is 2.60 bits per heavy atom. The van der Waals surface area contributed by atoms with E-state index in [-0.39, 0.29) is 0 Å². The molecule has 20 heavy (non-hydrogen) atoms. The predicted octanol–water partition coefficient (Wildman–Crippen LogP) is 4.94. The number of benzene rings is 1. The summed E-state index contributed by atoms with van der Waals surface area (Å²) in [5, 5.41) is 4.36. The van der Waals surface area contributed by atoms with Crippen LogP contribution < -0.4 is 10.1 Å². The van der Waals surface area contributed by atoms with Crippen LogP contribution in [0.1, 0.15) is 12.6 Å². The molecular formula is C14H13Cl3N2O. The zero-order valence-electron chi connectivity index (χ0n) is 10.8. The van der Waals surface area contributed by atoms with Crippen molar-refractivity contribution in [1.82, 2.24) is 10.3 Å². The molecular weight excluding hydrogens is 319 g/mol. The van der Waals surface area contributed by atoms with Gasteiger partial charge in [-0.3, -0.25) is 0 Å². The highest BCUT2D eigenvalue weighted by molar-refractivity contribution is 6.43. The monoisotopic (exact) mass is 330 g/mol. The lowest BCUT2D eigenvalue weighted by Crippen LogP contribution is -2.12. The maximum absolute atomic E-state index is 6.07. The van der Waals surface area contributed by atoms with Crippen LogP contribution in [0.3, 0.4) is 0 Å². The van der Waals surface area contributed by atoms with Gasteiger partial charge >= 0.3 is 0 Å². The Kier molecular flexibility index (Phi) is 5.49. The summed E-state index contributed by atoms with van der Waals surface area (Å²) in [6, 6.07) is 8.68. The molecule has 0 radical (unpaired) electrons. The van der Waals surface area contributed by atoms with E-state index in [1.807, 2.05) is 19.1 Å². The van der Waals surface area contributed by atoms with Gasteiger partial charge in [0.15, 0.2) is 0 Å². The quantitative estimate of drug-likeness (QED) is 0.788. The summed E-state index contributed by atoms with van der Waals surface area (Å²) in [4.78, 5) is 4.38. The normalized spacial score (nSPS) is 10.6. The minimum atomic E-state index is 0.384. The van der Waals surface area contributed by atoms with Crippen LogP contribution in [0.2, 0.25) is 15.1 Å². The smallest absolute Gasteiger partial charge is 0.219 e. The molecule has 1 heterocycles. The summed E-state index contributed by atoms with van der Waals surface area (Å²) in [6.07, 6.45) is 0. The van der Waals surface area contributed by atoms with E-state index in [0.717, 1.165) is 12.2 Å². The molecule has 1 N–H and O–H groups in total. The van der Waals surface area contributed by atoms with Gasteiger partial charge in [-0.1, -0.05) is 47.8 Å². The fourth-order valence-corrected chi connectivity index (χ4v) is 2.14. The molecule has 1 aromatic heterocycles. The first-order valence-electron chi connectivity index (χ1n) is 6.09.